The second kappa shape index (κ2) is 7.79. The smallest absolute Gasteiger partial charge is 0.275 e. The third-order valence-electron chi connectivity index (χ3n) is 5.34. The zero-order valence-electron chi connectivity index (χ0n) is 17.2. The molecule has 29 heavy (non-hydrogen) atoms. The molecule has 1 N–H and O–H groups in total. The van der Waals surface area contributed by atoms with Gasteiger partial charge in [-0.2, -0.15) is 10.2 Å². The first-order chi connectivity index (χ1) is 13.9. The Kier molecular flexibility index (Phi) is 5.19. The van der Waals surface area contributed by atoms with Gasteiger partial charge in [0.15, 0.2) is 11.5 Å². The first-order valence-electron chi connectivity index (χ1n) is 9.78. The molecule has 152 valence electrons. The molecular formula is C21H26N6O2. The van der Waals surface area contributed by atoms with E-state index in [2.05, 4.69) is 45.4 Å². The van der Waals surface area contributed by atoms with E-state index in [0.717, 1.165) is 17.1 Å². The van der Waals surface area contributed by atoms with Crippen molar-refractivity contribution in [1.29, 1.82) is 0 Å². The van der Waals surface area contributed by atoms with Gasteiger partial charge in [0, 0.05) is 25.7 Å². The van der Waals surface area contributed by atoms with E-state index in [4.69, 9.17) is 4.74 Å². The Bertz CT molecular complexity index is 1000. The average molecular weight is 394 g/mol. The number of carbonyl (C=O) groups is 1. The van der Waals surface area contributed by atoms with Crippen LogP contribution in [0.25, 0.3) is 0 Å². The molecule has 8 nitrogen and oxygen atoms in total. The highest BCUT2D eigenvalue weighted by molar-refractivity contribution is 5.93. The van der Waals surface area contributed by atoms with E-state index in [9.17, 15) is 4.79 Å². The van der Waals surface area contributed by atoms with Crippen molar-refractivity contribution < 1.29 is 9.53 Å². The minimum Gasteiger partial charge on any atom is -0.372 e. The molecule has 0 aliphatic carbocycles. The Hall–Kier alpha value is -3.00. The molecule has 0 spiro atoms. The lowest BCUT2D eigenvalue weighted by atomic mass is 10.1. The number of nitrogens with one attached hydrogen (secondary N) is 1. The number of hydrogen-bond acceptors (Lipinski definition) is 5. The number of ether oxygens (including phenoxy) is 1. The molecule has 3 heterocycles. The summed E-state index contributed by atoms with van der Waals surface area (Å²) in [4.78, 5) is 19.4. The summed E-state index contributed by atoms with van der Waals surface area (Å²) >= 11 is 0. The monoisotopic (exact) mass is 394 g/mol. The van der Waals surface area contributed by atoms with E-state index in [0.29, 0.717) is 31.1 Å². The largest absolute Gasteiger partial charge is 0.372 e. The maximum Gasteiger partial charge on any atom is 0.275 e. The summed E-state index contributed by atoms with van der Waals surface area (Å²) < 4.78 is 7.87. The molecule has 2 unspecified atom stereocenters. The van der Waals surface area contributed by atoms with Crippen molar-refractivity contribution in [2.45, 2.75) is 45.9 Å². The van der Waals surface area contributed by atoms with Crippen LogP contribution in [-0.4, -0.2) is 48.4 Å². The summed E-state index contributed by atoms with van der Waals surface area (Å²) in [5.74, 6) is 1.22. The Labute approximate surface area is 169 Å². The van der Waals surface area contributed by atoms with Crippen LogP contribution in [-0.2, 0) is 18.4 Å². The fraction of sp³-hybridized carbons (Fsp3) is 0.429. The van der Waals surface area contributed by atoms with Crippen LogP contribution in [0.4, 0.5) is 0 Å². The third-order valence-corrected chi connectivity index (χ3v) is 5.34. The summed E-state index contributed by atoms with van der Waals surface area (Å²) in [6.07, 6.45) is 0.564. The van der Waals surface area contributed by atoms with Crippen molar-refractivity contribution in [2.75, 3.05) is 6.54 Å². The number of aryl methyl sites for hydroxylation is 4. The zero-order chi connectivity index (χ0) is 20.5. The standard InChI is InChI=1S/C21H26N6O2/c1-13-6-5-7-16(8-13)12-29-17-10-19(20-22-15(3)23-24-20)27(11-17)21(28)18-9-14(2)26(4)25-18/h5-9,17,19H,10-12H2,1-4H3,(H,22,23,24). The molecule has 0 radical (unpaired) electrons. The number of aromatic amines is 1. The number of hydrogen-bond donors (Lipinski definition) is 1. The van der Waals surface area contributed by atoms with Crippen molar-refractivity contribution in [3.05, 3.63) is 64.5 Å². The van der Waals surface area contributed by atoms with Crippen LogP contribution >= 0.6 is 0 Å². The second-order valence-corrected chi connectivity index (χ2v) is 7.70. The van der Waals surface area contributed by atoms with Gasteiger partial charge >= 0.3 is 0 Å². The molecule has 8 heteroatoms. The fourth-order valence-corrected chi connectivity index (χ4v) is 3.72. The number of rotatable bonds is 5. The second-order valence-electron chi connectivity index (χ2n) is 7.70. The normalized spacial score (nSPS) is 19.1. The van der Waals surface area contributed by atoms with E-state index >= 15 is 0 Å². The lowest BCUT2D eigenvalue weighted by Gasteiger charge is -2.21. The lowest BCUT2D eigenvalue weighted by molar-refractivity contribution is 0.0435. The van der Waals surface area contributed by atoms with E-state index in [-0.39, 0.29) is 18.1 Å². The number of aromatic nitrogens is 5. The van der Waals surface area contributed by atoms with Crippen molar-refractivity contribution in [3.63, 3.8) is 0 Å². The molecule has 0 bridgehead atoms. The van der Waals surface area contributed by atoms with Gasteiger partial charge in [0.05, 0.1) is 18.8 Å². The quantitative estimate of drug-likeness (QED) is 0.719. The first kappa shape index (κ1) is 19.3. The Morgan fingerprint density at radius 1 is 1.28 bits per heavy atom. The number of amides is 1. The van der Waals surface area contributed by atoms with Crippen LogP contribution < -0.4 is 0 Å². The molecule has 2 aromatic heterocycles. The van der Waals surface area contributed by atoms with Gasteiger partial charge < -0.3 is 9.64 Å². The van der Waals surface area contributed by atoms with Gasteiger partial charge in [-0.05, 0) is 32.4 Å². The average Bonchev–Trinajstić information content (AvgIpc) is 3.39. The number of nitrogens with zero attached hydrogens (tertiary/aromatic N) is 5. The number of benzene rings is 1. The van der Waals surface area contributed by atoms with Gasteiger partial charge in [-0.3, -0.25) is 14.6 Å². The van der Waals surface area contributed by atoms with Gasteiger partial charge in [-0.1, -0.05) is 29.8 Å². The van der Waals surface area contributed by atoms with Crippen LogP contribution in [0.2, 0.25) is 0 Å². The SMILES string of the molecule is Cc1cccc(COC2CC(c3n[nH]c(C)n3)N(C(=O)c3cc(C)n(C)n3)C2)c1. The van der Waals surface area contributed by atoms with Crippen molar-refractivity contribution in [1.82, 2.24) is 29.9 Å². The molecule has 1 aromatic carbocycles. The van der Waals surface area contributed by atoms with Crippen LogP contribution in [0.3, 0.4) is 0 Å². The van der Waals surface area contributed by atoms with Gasteiger partial charge in [0.2, 0.25) is 0 Å². The molecule has 3 aromatic rings. The predicted molar refractivity (Wildman–Crippen MR) is 107 cm³/mol. The van der Waals surface area contributed by atoms with E-state index in [1.54, 1.807) is 9.58 Å². The summed E-state index contributed by atoms with van der Waals surface area (Å²) in [5, 5.41) is 11.5. The minimum atomic E-state index is -0.239. The molecule has 1 amide bonds. The molecule has 1 fully saturated rings. The maximum atomic E-state index is 13.2. The molecule has 1 aliphatic heterocycles. The van der Waals surface area contributed by atoms with Gasteiger partial charge in [-0.25, -0.2) is 4.98 Å². The van der Waals surface area contributed by atoms with Gasteiger partial charge in [0.25, 0.3) is 5.91 Å². The highest BCUT2D eigenvalue weighted by atomic mass is 16.5. The van der Waals surface area contributed by atoms with E-state index in [1.165, 1.54) is 5.56 Å². The molecule has 4 rings (SSSR count). The van der Waals surface area contributed by atoms with E-state index in [1.807, 2.05) is 33.0 Å². The van der Waals surface area contributed by atoms with Crippen molar-refractivity contribution in [3.8, 4) is 0 Å². The van der Waals surface area contributed by atoms with Crippen LogP contribution in [0.1, 0.15) is 51.4 Å². The molecule has 2 atom stereocenters. The molecule has 1 saturated heterocycles. The highest BCUT2D eigenvalue weighted by Crippen LogP contribution is 2.33. The Balaban J connectivity index is 1.53. The minimum absolute atomic E-state index is 0.0897. The Morgan fingerprint density at radius 2 is 2.10 bits per heavy atom. The highest BCUT2D eigenvalue weighted by Gasteiger charge is 2.40. The van der Waals surface area contributed by atoms with Crippen LogP contribution in [0.5, 0.6) is 0 Å². The maximum absolute atomic E-state index is 13.2. The van der Waals surface area contributed by atoms with Gasteiger partial charge in [-0.15, -0.1) is 0 Å². The lowest BCUT2D eigenvalue weighted by Crippen LogP contribution is -2.33. The number of H-pyrrole nitrogens is 1. The van der Waals surface area contributed by atoms with Crippen molar-refractivity contribution in [2.24, 2.45) is 7.05 Å². The fourth-order valence-electron chi connectivity index (χ4n) is 3.72. The number of likely N-dealkylation sites (tertiary alicyclic amines) is 1. The topological polar surface area (TPSA) is 88.9 Å². The summed E-state index contributed by atoms with van der Waals surface area (Å²) in [6.45, 7) is 6.84. The molecular weight excluding hydrogens is 368 g/mol. The van der Waals surface area contributed by atoms with Crippen LogP contribution in [0, 0.1) is 20.8 Å². The van der Waals surface area contributed by atoms with Crippen molar-refractivity contribution >= 4 is 5.91 Å². The Morgan fingerprint density at radius 3 is 2.76 bits per heavy atom. The third kappa shape index (κ3) is 4.07. The predicted octanol–water partition coefficient (Wildman–Crippen LogP) is 2.64. The van der Waals surface area contributed by atoms with Gasteiger partial charge in [0.1, 0.15) is 5.82 Å². The molecule has 0 saturated carbocycles. The summed E-state index contributed by atoms with van der Waals surface area (Å²) in [5.41, 5.74) is 3.70. The zero-order valence-corrected chi connectivity index (χ0v) is 17.2. The van der Waals surface area contributed by atoms with E-state index < -0.39 is 0 Å². The first-order valence-corrected chi connectivity index (χ1v) is 9.78. The number of carbonyl (C=O) groups excluding carboxylic acids is 1. The summed E-state index contributed by atoms with van der Waals surface area (Å²) in [7, 11) is 1.83. The molecule has 1 aliphatic rings. The summed E-state index contributed by atoms with van der Waals surface area (Å²) in [6, 6.07) is 9.83. The van der Waals surface area contributed by atoms with Crippen LogP contribution in [0.15, 0.2) is 30.3 Å².